The summed E-state index contributed by atoms with van der Waals surface area (Å²) >= 11 is 0. The van der Waals surface area contributed by atoms with E-state index in [-0.39, 0.29) is 0 Å². The van der Waals surface area contributed by atoms with Gasteiger partial charge in [-0.15, -0.1) is 0 Å². The van der Waals surface area contributed by atoms with Crippen molar-refractivity contribution in [2.75, 3.05) is 7.11 Å². The molecule has 0 aromatic heterocycles. The molecule has 0 bridgehead atoms. The van der Waals surface area contributed by atoms with Crippen molar-refractivity contribution >= 4 is 0 Å². The second-order valence-corrected chi connectivity index (χ2v) is 10.5. The molecule has 0 atom stereocenters. The van der Waals surface area contributed by atoms with E-state index in [2.05, 4.69) is 6.92 Å². The Labute approximate surface area is 170 Å². The van der Waals surface area contributed by atoms with Gasteiger partial charge < -0.3 is 4.74 Å². The highest BCUT2D eigenvalue weighted by Crippen LogP contribution is 2.42. The van der Waals surface area contributed by atoms with Crippen LogP contribution in [0.1, 0.15) is 122 Å². The maximum atomic E-state index is 5.56. The minimum atomic E-state index is 0.569. The molecule has 0 aromatic carbocycles. The van der Waals surface area contributed by atoms with Gasteiger partial charge in [0.2, 0.25) is 0 Å². The quantitative estimate of drug-likeness (QED) is 0.369. The summed E-state index contributed by atoms with van der Waals surface area (Å²) in [6, 6.07) is 0. The Morgan fingerprint density at radius 2 is 1.00 bits per heavy atom. The van der Waals surface area contributed by atoms with Crippen LogP contribution in [0.3, 0.4) is 0 Å². The fourth-order valence-corrected chi connectivity index (χ4v) is 6.71. The summed E-state index contributed by atoms with van der Waals surface area (Å²) in [5.41, 5.74) is 0. The zero-order valence-electron chi connectivity index (χ0n) is 18.6. The van der Waals surface area contributed by atoms with E-state index >= 15 is 0 Å². The molecular weight excluding hydrogens is 328 g/mol. The highest BCUT2D eigenvalue weighted by Gasteiger charge is 2.31. The standard InChI is InChI=1S/C26H48O/c1-3-4-5-6-21-7-9-22(10-8-21)11-12-23-13-15-24(16-14-23)25-17-19-26(27-2)20-18-25/h21-26H,3-20H2,1-2H3. The zero-order chi connectivity index (χ0) is 18.9. The van der Waals surface area contributed by atoms with E-state index in [9.17, 15) is 0 Å². The van der Waals surface area contributed by atoms with Crippen molar-refractivity contribution in [1.82, 2.24) is 0 Å². The van der Waals surface area contributed by atoms with Gasteiger partial charge >= 0.3 is 0 Å². The van der Waals surface area contributed by atoms with Gasteiger partial charge in [-0.25, -0.2) is 0 Å². The maximum absolute atomic E-state index is 5.56. The summed E-state index contributed by atoms with van der Waals surface area (Å²) in [5, 5.41) is 0. The predicted molar refractivity (Wildman–Crippen MR) is 117 cm³/mol. The molecule has 1 nitrogen and oxygen atoms in total. The Kier molecular flexibility index (Phi) is 9.50. The van der Waals surface area contributed by atoms with Crippen LogP contribution in [0.5, 0.6) is 0 Å². The van der Waals surface area contributed by atoms with E-state index in [0.717, 1.165) is 29.6 Å². The van der Waals surface area contributed by atoms with Crippen LogP contribution in [0.25, 0.3) is 0 Å². The summed E-state index contributed by atoms with van der Waals surface area (Å²) in [6.07, 6.45) is 27.4. The smallest absolute Gasteiger partial charge is 0.0571 e. The Morgan fingerprint density at radius 1 is 0.556 bits per heavy atom. The van der Waals surface area contributed by atoms with Crippen LogP contribution in [-0.4, -0.2) is 13.2 Å². The minimum absolute atomic E-state index is 0.569. The minimum Gasteiger partial charge on any atom is -0.381 e. The van der Waals surface area contributed by atoms with Gasteiger partial charge in [0.05, 0.1) is 6.10 Å². The van der Waals surface area contributed by atoms with Crippen LogP contribution in [0.15, 0.2) is 0 Å². The van der Waals surface area contributed by atoms with E-state index in [4.69, 9.17) is 4.74 Å². The van der Waals surface area contributed by atoms with Gasteiger partial charge in [0.1, 0.15) is 0 Å². The maximum Gasteiger partial charge on any atom is 0.0571 e. The third-order valence-electron chi connectivity index (χ3n) is 8.78. The van der Waals surface area contributed by atoms with E-state index in [1.807, 2.05) is 7.11 Å². The molecule has 0 aromatic rings. The molecule has 27 heavy (non-hydrogen) atoms. The molecule has 0 N–H and O–H groups in total. The predicted octanol–water partition coefficient (Wildman–Crippen LogP) is 8.16. The topological polar surface area (TPSA) is 9.23 Å². The molecule has 3 aliphatic carbocycles. The van der Waals surface area contributed by atoms with Crippen molar-refractivity contribution in [3.05, 3.63) is 0 Å². The first kappa shape index (κ1) is 21.7. The molecule has 0 radical (unpaired) electrons. The van der Waals surface area contributed by atoms with Crippen molar-refractivity contribution in [2.24, 2.45) is 29.6 Å². The second kappa shape index (κ2) is 11.8. The van der Waals surface area contributed by atoms with Gasteiger partial charge in [0.25, 0.3) is 0 Å². The average Bonchev–Trinajstić information content (AvgIpc) is 2.74. The van der Waals surface area contributed by atoms with Crippen LogP contribution in [0.4, 0.5) is 0 Å². The van der Waals surface area contributed by atoms with Gasteiger partial charge in [-0.1, -0.05) is 84.0 Å². The Morgan fingerprint density at radius 3 is 1.48 bits per heavy atom. The lowest BCUT2D eigenvalue weighted by atomic mass is 9.69. The van der Waals surface area contributed by atoms with E-state index in [1.165, 1.54) is 64.2 Å². The molecule has 158 valence electrons. The number of ether oxygens (including phenoxy) is 1. The largest absolute Gasteiger partial charge is 0.381 e. The summed E-state index contributed by atoms with van der Waals surface area (Å²) in [5.74, 6) is 5.31. The highest BCUT2D eigenvalue weighted by molar-refractivity contribution is 4.83. The summed E-state index contributed by atoms with van der Waals surface area (Å²) < 4.78 is 5.56. The van der Waals surface area contributed by atoms with Crippen molar-refractivity contribution in [2.45, 2.75) is 129 Å². The van der Waals surface area contributed by atoms with Crippen LogP contribution < -0.4 is 0 Å². The van der Waals surface area contributed by atoms with Gasteiger partial charge in [-0.2, -0.15) is 0 Å². The van der Waals surface area contributed by atoms with Crippen molar-refractivity contribution in [1.29, 1.82) is 0 Å². The fourth-order valence-electron chi connectivity index (χ4n) is 6.71. The van der Waals surface area contributed by atoms with Gasteiger partial charge in [-0.3, -0.25) is 0 Å². The van der Waals surface area contributed by atoms with Crippen molar-refractivity contribution in [3.8, 4) is 0 Å². The lowest BCUT2D eigenvalue weighted by Gasteiger charge is -2.38. The Balaban J connectivity index is 1.25. The molecule has 0 unspecified atom stereocenters. The first-order chi connectivity index (χ1) is 13.3. The zero-order valence-corrected chi connectivity index (χ0v) is 18.6. The lowest BCUT2D eigenvalue weighted by molar-refractivity contribution is 0.0389. The first-order valence-corrected chi connectivity index (χ1v) is 12.8. The SMILES string of the molecule is CCCCCC1CCC(CCC2CCC(C3CCC(OC)CC3)CC2)CC1. The van der Waals surface area contributed by atoms with Crippen molar-refractivity contribution in [3.63, 3.8) is 0 Å². The molecule has 3 saturated carbocycles. The molecule has 1 heteroatoms. The summed E-state index contributed by atoms with van der Waals surface area (Å²) in [6.45, 7) is 2.33. The summed E-state index contributed by atoms with van der Waals surface area (Å²) in [4.78, 5) is 0. The molecule has 3 aliphatic rings. The molecule has 3 fully saturated rings. The molecule has 0 amide bonds. The highest BCUT2D eigenvalue weighted by atomic mass is 16.5. The molecule has 3 rings (SSSR count). The van der Waals surface area contributed by atoms with Crippen LogP contribution >= 0.6 is 0 Å². The first-order valence-electron chi connectivity index (χ1n) is 12.8. The van der Waals surface area contributed by atoms with E-state index < -0.39 is 0 Å². The number of unbranched alkanes of at least 4 members (excludes halogenated alkanes) is 2. The van der Waals surface area contributed by atoms with Crippen molar-refractivity contribution < 1.29 is 4.74 Å². The average molecular weight is 377 g/mol. The Bertz CT molecular complexity index is 368. The number of rotatable bonds is 9. The molecule has 0 saturated heterocycles. The fraction of sp³-hybridized carbons (Fsp3) is 1.00. The third-order valence-corrected chi connectivity index (χ3v) is 8.78. The van der Waals surface area contributed by atoms with Crippen LogP contribution in [-0.2, 0) is 4.74 Å². The monoisotopic (exact) mass is 376 g/mol. The van der Waals surface area contributed by atoms with E-state index in [0.29, 0.717) is 6.10 Å². The third kappa shape index (κ3) is 7.06. The van der Waals surface area contributed by atoms with Crippen LogP contribution in [0.2, 0.25) is 0 Å². The normalized spacial score (nSPS) is 38.0. The molecular formula is C26H48O. The van der Waals surface area contributed by atoms with Gasteiger partial charge in [-0.05, 0) is 68.1 Å². The Hall–Kier alpha value is -0.0400. The number of hydrogen-bond acceptors (Lipinski definition) is 1. The summed E-state index contributed by atoms with van der Waals surface area (Å²) in [7, 11) is 1.90. The van der Waals surface area contributed by atoms with Gasteiger partial charge in [0.15, 0.2) is 0 Å². The molecule has 0 aliphatic heterocycles. The van der Waals surface area contributed by atoms with Gasteiger partial charge in [0, 0.05) is 7.11 Å². The second-order valence-electron chi connectivity index (χ2n) is 10.5. The number of methoxy groups -OCH3 is 1. The van der Waals surface area contributed by atoms with Crippen LogP contribution in [0, 0.1) is 29.6 Å². The number of hydrogen-bond donors (Lipinski definition) is 0. The van der Waals surface area contributed by atoms with E-state index in [1.54, 1.807) is 51.4 Å². The lowest BCUT2D eigenvalue weighted by Crippen LogP contribution is -2.28. The molecule has 0 heterocycles. The molecule has 0 spiro atoms.